The topological polar surface area (TPSA) is 84.5 Å². The lowest BCUT2D eigenvalue weighted by atomic mass is 9.73. The number of methoxy groups -OCH3 is 1. The van der Waals surface area contributed by atoms with E-state index in [-0.39, 0.29) is 18.1 Å². The summed E-state index contributed by atoms with van der Waals surface area (Å²) in [6.45, 7) is 3.43. The first kappa shape index (κ1) is 22.1. The number of hydrogen-bond acceptors (Lipinski definition) is 6. The lowest BCUT2D eigenvalue weighted by Gasteiger charge is -2.43. The molecule has 1 atom stereocenters. The van der Waals surface area contributed by atoms with E-state index in [1.54, 1.807) is 13.2 Å². The highest BCUT2D eigenvalue weighted by Gasteiger charge is 2.46. The van der Waals surface area contributed by atoms with Gasteiger partial charge in [0.05, 0.1) is 30.1 Å². The second kappa shape index (κ2) is 8.60. The Morgan fingerprint density at radius 2 is 1.94 bits per heavy atom. The molecule has 1 spiro atoms. The molecule has 1 fully saturated rings. The monoisotopic (exact) mass is 464 g/mol. The Morgan fingerprint density at radius 3 is 2.61 bits per heavy atom. The van der Waals surface area contributed by atoms with Crippen molar-refractivity contribution < 1.29 is 9.84 Å². The maximum atomic E-state index is 10.1. The summed E-state index contributed by atoms with van der Waals surface area (Å²) in [7, 11) is 1.61. The quantitative estimate of drug-likeness (QED) is 0.593. The molecule has 0 bridgehead atoms. The summed E-state index contributed by atoms with van der Waals surface area (Å²) >= 11 is 6.49. The van der Waals surface area contributed by atoms with Crippen LogP contribution < -0.4 is 15.4 Å². The minimum absolute atomic E-state index is 0.0700. The molecule has 0 radical (unpaired) electrons. The van der Waals surface area contributed by atoms with Gasteiger partial charge < -0.3 is 20.5 Å². The van der Waals surface area contributed by atoms with Crippen LogP contribution in [0, 0.1) is 12.3 Å². The third-order valence-electron chi connectivity index (χ3n) is 7.35. The first-order valence-corrected chi connectivity index (χ1v) is 11.7. The number of rotatable bonds is 4. The van der Waals surface area contributed by atoms with Crippen molar-refractivity contribution in [3.63, 3.8) is 0 Å². The fraction of sp³-hybridized carbons (Fsp3) is 0.385. The molecule has 3 N–H and O–H groups in total. The molecule has 5 rings (SSSR count). The average molecular weight is 465 g/mol. The van der Waals surface area contributed by atoms with Gasteiger partial charge in [-0.3, -0.25) is 0 Å². The van der Waals surface area contributed by atoms with Crippen molar-refractivity contribution in [3.05, 3.63) is 70.0 Å². The van der Waals surface area contributed by atoms with Crippen molar-refractivity contribution in [2.75, 3.05) is 25.1 Å². The number of ether oxygens (including phenoxy) is 1. The SMILES string of the molecule is COc1ccc(-c2nc(CO)c(N3CCC4(CC3)Cc3ccccc3[C@H]4N)nc2C)c(Cl)c1. The van der Waals surface area contributed by atoms with Gasteiger partial charge in [-0.2, -0.15) is 0 Å². The molecule has 2 aromatic carbocycles. The van der Waals surface area contributed by atoms with Crippen LogP contribution in [0.15, 0.2) is 42.5 Å². The number of halogens is 1. The summed E-state index contributed by atoms with van der Waals surface area (Å²) < 4.78 is 5.25. The van der Waals surface area contributed by atoms with Crippen LogP contribution in [-0.2, 0) is 13.0 Å². The molecular formula is C26H29ClN4O2. The van der Waals surface area contributed by atoms with Crippen molar-refractivity contribution in [2.24, 2.45) is 11.1 Å². The summed E-state index contributed by atoms with van der Waals surface area (Å²) in [5, 5.41) is 10.7. The number of aliphatic hydroxyl groups excluding tert-OH is 1. The molecule has 7 heteroatoms. The number of fused-ring (bicyclic) bond motifs is 1. The minimum atomic E-state index is -0.185. The number of aryl methyl sites for hydroxylation is 1. The van der Waals surface area contributed by atoms with Crippen LogP contribution in [-0.4, -0.2) is 35.3 Å². The van der Waals surface area contributed by atoms with Crippen LogP contribution in [0.2, 0.25) is 5.02 Å². The molecule has 0 unspecified atom stereocenters. The fourth-order valence-electron chi connectivity index (χ4n) is 5.44. The first-order valence-electron chi connectivity index (χ1n) is 11.4. The molecule has 6 nitrogen and oxygen atoms in total. The van der Waals surface area contributed by atoms with Gasteiger partial charge in [-0.15, -0.1) is 0 Å². The van der Waals surface area contributed by atoms with E-state index in [1.165, 1.54) is 11.1 Å². The number of piperidine rings is 1. The van der Waals surface area contributed by atoms with Gasteiger partial charge in [-0.05, 0) is 60.9 Å². The Balaban J connectivity index is 1.40. The zero-order valence-electron chi connectivity index (χ0n) is 19.0. The molecule has 2 heterocycles. The van der Waals surface area contributed by atoms with E-state index in [2.05, 4.69) is 29.2 Å². The van der Waals surface area contributed by atoms with E-state index in [0.29, 0.717) is 22.2 Å². The molecule has 1 aromatic heterocycles. The second-order valence-corrected chi connectivity index (χ2v) is 9.54. The number of benzene rings is 2. The van der Waals surface area contributed by atoms with E-state index in [1.807, 2.05) is 19.1 Å². The van der Waals surface area contributed by atoms with E-state index >= 15 is 0 Å². The predicted octanol–water partition coefficient (Wildman–Crippen LogP) is 4.45. The Morgan fingerprint density at radius 1 is 1.18 bits per heavy atom. The van der Waals surface area contributed by atoms with Crippen LogP contribution in [0.4, 0.5) is 5.82 Å². The predicted molar refractivity (Wildman–Crippen MR) is 131 cm³/mol. The van der Waals surface area contributed by atoms with Crippen LogP contribution >= 0.6 is 11.6 Å². The third-order valence-corrected chi connectivity index (χ3v) is 7.67. The molecule has 3 aromatic rings. The number of aromatic nitrogens is 2. The summed E-state index contributed by atoms with van der Waals surface area (Å²) in [5.74, 6) is 1.44. The highest BCUT2D eigenvalue weighted by molar-refractivity contribution is 6.33. The minimum Gasteiger partial charge on any atom is -0.497 e. The van der Waals surface area contributed by atoms with Gasteiger partial charge >= 0.3 is 0 Å². The largest absolute Gasteiger partial charge is 0.497 e. The summed E-state index contributed by atoms with van der Waals surface area (Å²) in [6.07, 6.45) is 3.01. The molecule has 0 saturated carbocycles. The van der Waals surface area contributed by atoms with Crippen LogP contribution in [0.25, 0.3) is 11.3 Å². The van der Waals surface area contributed by atoms with Crippen LogP contribution in [0.1, 0.15) is 41.4 Å². The Hall–Kier alpha value is -2.67. The van der Waals surface area contributed by atoms with Gasteiger partial charge in [0.15, 0.2) is 5.82 Å². The zero-order chi connectivity index (χ0) is 23.2. The van der Waals surface area contributed by atoms with Crippen molar-refractivity contribution >= 4 is 17.4 Å². The smallest absolute Gasteiger partial charge is 0.153 e. The second-order valence-electron chi connectivity index (χ2n) is 9.13. The molecule has 0 amide bonds. The lowest BCUT2D eigenvalue weighted by molar-refractivity contribution is 0.186. The number of hydrogen-bond donors (Lipinski definition) is 2. The van der Waals surface area contributed by atoms with Gasteiger partial charge in [-0.25, -0.2) is 9.97 Å². The van der Waals surface area contributed by atoms with Crippen LogP contribution in [0.3, 0.4) is 0 Å². The van der Waals surface area contributed by atoms with E-state index in [0.717, 1.165) is 49.4 Å². The Bertz CT molecular complexity index is 1190. The maximum absolute atomic E-state index is 10.1. The van der Waals surface area contributed by atoms with E-state index < -0.39 is 0 Å². The molecule has 2 aliphatic rings. The highest BCUT2D eigenvalue weighted by Crippen LogP contribution is 2.51. The summed E-state index contributed by atoms with van der Waals surface area (Å²) in [6, 6.07) is 14.1. The normalized spacial score (nSPS) is 19.1. The Kier molecular flexibility index (Phi) is 5.77. The molecule has 172 valence electrons. The van der Waals surface area contributed by atoms with Crippen molar-refractivity contribution in [1.29, 1.82) is 0 Å². The molecule has 33 heavy (non-hydrogen) atoms. The number of nitrogens with two attached hydrogens (primary N) is 1. The fourth-order valence-corrected chi connectivity index (χ4v) is 5.70. The molecule has 1 aliphatic carbocycles. The van der Waals surface area contributed by atoms with E-state index in [9.17, 15) is 5.11 Å². The van der Waals surface area contributed by atoms with Gasteiger partial charge in [0.2, 0.25) is 0 Å². The van der Waals surface area contributed by atoms with Crippen molar-refractivity contribution in [1.82, 2.24) is 9.97 Å². The lowest BCUT2D eigenvalue weighted by Crippen LogP contribution is -2.45. The zero-order valence-corrected chi connectivity index (χ0v) is 19.8. The maximum Gasteiger partial charge on any atom is 0.153 e. The van der Waals surface area contributed by atoms with Gasteiger partial charge in [-0.1, -0.05) is 35.9 Å². The average Bonchev–Trinajstić information content (AvgIpc) is 3.11. The number of aliphatic hydroxyl groups is 1. The number of nitrogens with zero attached hydrogens (tertiary/aromatic N) is 3. The number of anilines is 1. The van der Waals surface area contributed by atoms with Crippen molar-refractivity contribution in [3.8, 4) is 17.0 Å². The molecule has 1 saturated heterocycles. The van der Waals surface area contributed by atoms with Gasteiger partial charge in [0.25, 0.3) is 0 Å². The highest BCUT2D eigenvalue weighted by atomic mass is 35.5. The Labute approximate surface area is 199 Å². The van der Waals surface area contributed by atoms with Gasteiger partial charge in [0.1, 0.15) is 11.4 Å². The van der Waals surface area contributed by atoms with Crippen LogP contribution in [0.5, 0.6) is 5.75 Å². The third kappa shape index (κ3) is 3.76. The standard InChI is InChI=1S/C26H29ClN4O2/c1-16-23(20-8-7-18(33-2)13-21(20)27)30-22(15-32)25(29-16)31-11-9-26(10-12-31)14-17-5-3-4-6-19(17)24(26)28/h3-8,13,24,32H,9-12,14-15,28H2,1-2H3/t24-/m1/s1. The molecular weight excluding hydrogens is 436 g/mol. The first-order chi connectivity index (χ1) is 16.0. The summed E-state index contributed by atoms with van der Waals surface area (Å²) in [4.78, 5) is 11.9. The molecule has 1 aliphatic heterocycles. The summed E-state index contributed by atoms with van der Waals surface area (Å²) in [5.41, 5.74) is 12.3. The van der Waals surface area contributed by atoms with Crippen molar-refractivity contribution in [2.45, 2.75) is 38.8 Å². The van der Waals surface area contributed by atoms with Gasteiger partial charge in [0, 0.05) is 24.7 Å². The van der Waals surface area contributed by atoms with E-state index in [4.69, 9.17) is 32.0 Å².